The molecule has 0 aromatic heterocycles. The van der Waals surface area contributed by atoms with Crippen LogP contribution in [0.5, 0.6) is 5.75 Å². The van der Waals surface area contributed by atoms with Gasteiger partial charge in [0.2, 0.25) is 0 Å². The summed E-state index contributed by atoms with van der Waals surface area (Å²) in [4.78, 5) is 11.9. The maximum absolute atomic E-state index is 11.9. The zero-order valence-electron chi connectivity index (χ0n) is 10.1. The SMILES string of the molecule is C=CCCOCC(=O)c1ccccc1OCC. The van der Waals surface area contributed by atoms with Gasteiger partial charge in [-0.2, -0.15) is 0 Å². The third-order valence-electron chi connectivity index (χ3n) is 2.19. The highest BCUT2D eigenvalue weighted by Crippen LogP contribution is 2.18. The number of hydrogen-bond acceptors (Lipinski definition) is 3. The number of Topliss-reactive ketones (excluding diaryl/α,β-unsaturated/α-hetero) is 1. The maximum atomic E-state index is 11.9. The molecule has 1 rings (SSSR count). The van der Waals surface area contributed by atoms with E-state index in [0.29, 0.717) is 24.5 Å². The Morgan fingerprint density at radius 1 is 1.41 bits per heavy atom. The molecule has 0 aliphatic carbocycles. The van der Waals surface area contributed by atoms with Crippen LogP contribution in [-0.4, -0.2) is 25.6 Å². The summed E-state index contributed by atoms with van der Waals surface area (Å²) in [5.41, 5.74) is 0.577. The van der Waals surface area contributed by atoms with Gasteiger partial charge in [0.25, 0.3) is 0 Å². The normalized spacial score (nSPS) is 9.94. The fourth-order valence-corrected chi connectivity index (χ4v) is 1.39. The largest absolute Gasteiger partial charge is 0.493 e. The molecule has 0 aliphatic rings. The van der Waals surface area contributed by atoms with E-state index in [-0.39, 0.29) is 12.4 Å². The van der Waals surface area contributed by atoms with Crippen molar-refractivity contribution >= 4 is 5.78 Å². The van der Waals surface area contributed by atoms with Gasteiger partial charge in [-0.1, -0.05) is 18.2 Å². The van der Waals surface area contributed by atoms with Crippen LogP contribution in [0.25, 0.3) is 0 Å². The topological polar surface area (TPSA) is 35.5 Å². The highest BCUT2D eigenvalue weighted by molar-refractivity contribution is 5.99. The van der Waals surface area contributed by atoms with Crippen LogP contribution in [0, 0.1) is 0 Å². The number of rotatable bonds is 8. The van der Waals surface area contributed by atoms with Crippen molar-refractivity contribution in [2.45, 2.75) is 13.3 Å². The van der Waals surface area contributed by atoms with Crippen LogP contribution in [0.3, 0.4) is 0 Å². The molecule has 92 valence electrons. The van der Waals surface area contributed by atoms with Crippen LogP contribution in [0.15, 0.2) is 36.9 Å². The summed E-state index contributed by atoms with van der Waals surface area (Å²) in [5.74, 6) is 0.561. The Kier molecular flexibility index (Phi) is 6.04. The summed E-state index contributed by atoms with van der Waals surface area (Å²) in [6.45, 7) is 6.62. The van der Waals surface area contributed by atoms with E-state index in [1.54, 1.807) is 18.2 Å². The van der Waals surface area contributed by atoms with E-state index < -0.39 is 0 Å². The van der Waals surface area contributed by atoms with E-state index >= 15 is 0 Å². The fourth-order valence-electron chi connectivity index (χ4n) is 1.39. The van der Waals surface area contributed by atoms with Gasteiger partial charge in [-0.05, 0) is 25.5 Å². The first-order valence-electron chi connectivity index (χ1n) is 5.73. The quantitative estimate of drug-likeness (QED) is 0.394. The Bertz CT molecular complexity index is 371. The first-order valence-corrected chi connectivity index (χ1v) is 5.73. The lowest BCUT2D eigenvalue weighted by Gasteiger charge is -2.09. The molecule has 17 heavy (non-hydrogen) atoms. The Balaban J connectivity index is 2.58. The highest BCUT2D eigenvalue weighted by Gasteiger charge is 2.11. The van der Waals surface area contributed by atoms with E-state index in [0.717, 1.165) is 6.42 Å². The van der Waals surface area contributed by atoms with Crippen LogP contribution in [0.4, 0.5) is 0 Å². The van der Waals surface area contributed by atoms with Gasteiger partial charge >= 0.3 is 0 Å². The van der Waals surface area contributed by atoms with Crippen molar-refractivity contribution in [3.05, 3.63) is 42.5 Å². The van der Waals surface area contributed by atoms with Crippen molar-refractivity contribution in [3.8, 4) is 5.75 Å². The summed E-state index contributed by atoms with van der Waals surface area (Å²) in [6.07, 6.45) is 2.51. The third kappa shape index (κ3) is 4.41. The smallest absolute Gasteiger partial charge is 0.192 e. The van der Waals surface area contributed by atoms with E-state index in [4.69, 9.17) is 9.47 Å². The van der Waals surface area contributed by atoms with E-state index in [9.17, 15) is 4.79 Å². The lowest BCUT2D eigenvalue weighted by Crippen LogP contribution is -2.11. The first kappa shape index (κ1) is 13.5. The van der Waals surface area contributed by atoms with E-state index in [2.05, 4.69) is 6.58 Å². The summed E-state index contributed by atoms with van der Waals surface area (Å²) < 4.78 is 10.6. The monoisotopic (exact) mass is 234 g/mol. The molecule has 0 saturated carbocycles. The molecule has 0 radical (unpaired) electrons. The molecule has 3 nitrogen and oxygen atoms in total. The first-order chi connectivity index (χ1) is 8.29. The Labute approximate surface area is 102 Å². The molecule has 0 bridgehead atoms. The molecule has 0 aliphatic heterocycles. The average molecular weight is 234 g/mol. The molecule has 0 unspecified atom stereocenters. The fraction of sp³-hybridized carbons (Fsp3) is 0.357. The molecule has 1 aromatic rings. The van der Waals surface area contributed by atoms with Gasteiger partial charge in [0.05, 0.1) is 18.8 Å². The third-order valence-corrected chi connectivity index (χ3v) is 2.19. The van der Waals surface area contributed by atoms with E-state index in [1.807, 2.05) is 19.1 Å². The Morgan fingerprint density at radius 3 is 2.88 bits per heavy atom. The second kappa shape index (κ2) is 7.63. The standard InChI is InChI=1S/C14H18O3/c1-3-5-10-16-11-13(15)12-8-6-7-9-14(12)17-4-2/h3,6-9H,1,4-5,10-11H2,2H3. The predicted molar refractivity (Wildman–Crippen MR) is 67.6 cm³/mol. The minimum atomic E-state index is -0.0573. The predicted octanol–water partition coefficient (Wildman–Crippen LogP) is 2.86. The van der Waals surface area contributed by atoms with Crippen molar-refractivity contribution < 1.29 is 14.3 Å². The number of para-hydroxylation sites is 1. The van der Waals surface area contributed by atoms with Gasteiger partial charge < -0.3 is 9.47 Å². The van der Waals surface area contributed by atoms with Crippen LogP contribution >= 0.6 is 0 Å². The molecular formula is C14H18O3. The molecule has 1 aromatic carbocycles. The van der Waals surface area contributed by atoms with Crippen LogP contribution in [-0.2, 0) is 4.74 Å². The minimum Gasteiger partial charge on any atom is -0.493 e. The number of ether oxygens (including phenoxy) is 2. The zero-order valence-corrected chi connectivity index (χ0v) is 10.1. The molecule has 0 heterocycles. The molecule has 0 spiro atoms. The number of benzene rings is 1. The molecule has 0 saturated heterocycles. The van der Waals surface area contributed by atoms with E-state index in [1.165, 1.54) is 0 Å². The van der Waals surface area contributed by atoms with Crippen molar-refractivity contribution in [2.75, 3.05) is 19.8 Å². The molecule has 0 fully saturated rings. The number of carbonyl (C=O) groups excluding carboxylic acids is 1. The molecule has 3 heteroatoms. The molecule has 0 atom stereocenters. The molecular weight excluding hydrogens is 216 g/mol. The van der Waals surface area contributed by atoms with Crippen LogP contribution in [0.1, 0.15) is 23.7 Å². The lowest BCUT2D eigenvalue weighted by molar-refractivity contribution is 0.0765. The number of ketones is 1. The van der Waals surface area contributed by atoms with Gasteiger partial charge in [0, 0.05) is 0 Å². The second-order valence-corrected chi connectivity index (χ2v) is 3.48. The lowest BCUT2D eigenvalue weighted by atomic mass is 10.1. The van der Waals surface area contributed by atoms with Crippen molar-refractivity contribution in [1.29, 1.82) is 0 Å². The summed E-state index contributed by atoms with van der Waals surface area (Å²) in [6, 6.07) is 7.21. The maximum Gasteiger partial charge on any atom is 0.192 e. The summed E-state index contributed by atoms with van der Waals surface area (Å²) >= 11 is 0. The van der Waals surface area contributed by atoms with Gasteiger partial charge in [0.1, 0.15) is 12.4 Å². The molecule has 0 N–H and O–H groups in total. The van der Waals surface area contributed by atoms with Crippen molar-refractivity contribution in [3.63, 3.8) is 0 Å². The van der Waals surface area contributed by atoms with Crippen molar-refractivity contribution in [1.82, 2.24) is 0 Å². The van der Waals surface area contributed by atoms with Gasteiger partial charge in [-0.25, -0.2) is 0 Å². The average Bonchev–Trinajstić information content (AvgIpc) is 2.35. The summed E-state index contributed by atoms with van der Waals surface area (Å²) in [5, 5.41) is 0. The second-order valence-electron chi connectivity index (χ2n) is 3.48. The highest BCUT2D eigenvalue weighted by atomic mass is 16.5. The minimum absolute atomic E-state index is 0.0573. The van der Waals surface area contributed by atoms with Crippen LogP contribution < -0.4 is 4.74 Å². The van der Waals surface area contributed by atoms with Crippen LogP contribution in [0.2, 0.25) is 0 Å². The van der Waals surface area contributed by atoms with Gasteiger partial charge in [0.15, 0.2) is 5.78 Å². The Morgan fingerprint density at radius 2 is 2.18 bits per heavy atom. The van der Waals surface area contributed by atoms with Gasteiger partial charge in [-0.15, -0.1) is 6.58 Å². The number of carbonyl (C=O) groups is 1. The molecule has 0 amide bonds. The van der Waals surface area contributed by atoms with Gasteiger partial charge in [-0.3, -0.25) is 4.79 Å². The number of hydrogen-bond donors (Lipinski definition) is 0. The van der Waals surface area contributed by atoms with Crippen molar-refractivity contribution in [2.24, 2.45) is 0 Å². The zero-order chi connectivity index (χ0) is 12.5. The summed E-state index contributed by atoms with van der Waals surface area (Å²) in [7, 11) is 0. The Hall–Kier alpha value is -1.61.